The molecule has 1 aliphatic rings. The van der Waals surface area contributed by atoms with Gasteiger partial charge in [0.25, 0.3) is 0 Å². The molecule has 124 valence electrons. The number of rotatable bonds is 3. The van der Waals surface area contributed by atoms with Crippen molar-refractivity contribution in [2.75, 3.05) is 19.0 Å². The van der Waals surface area contributed by atoms with E-state index in [1.54, 1.807) is 11.9 Å². The molecule has 0 bridgehead atoms. The molecule has 1 aliphatic heterocycles. The van der Waals surface area contributed by atoms with Gasteiger partial charge in [-0.1, -0.05) is 40.2 Å². The summed E-state index contributed by atoms with van der Waals surface area (Å²) >= 11 is 3.50. The number of hydrogen-bond donors (Lipinski definition) is 0. The Labute approximate surface area is 150 Å². The van der Waals surface area contributed by atoms with E-state index in [4.69, 9.17) is 0 Å². The van der Waals surface area contributed by atoms with Gasteiger partial charge >= 0.3 is 0 Å². The van der Waals surface area contributed by atoms with Crippen LogP contribution >= 0.6 is 15.9 Å². The molecule has 0 aliphatic carbocycles. The third-order valence-corrected chi connectivity index (χ3v) is 4.68. The second kappa shape index (κ2) is 6.77. The van der Waals surface area contributed by atoms with E-state index >= 15 is 0 Å². The molecule has 0 radical (unpaired) electrons. The molecular formula is C19H20BrN3O. The van der Waals surface area contributed by atoms with E-state index in [1.807, 2.05) is 38.4 Å². The van der Waals surface area contributed by atoms with Crippen molar-refractivity contribution in [2.45, 2.75) is 19.4 Å². The van der Waals surface area contributed by atoms with Crippen LogP contribution in [-0.4, -0.2) is 30.7 Å². The normalized spacial score (nSPS) is 16.9. The van der Waals surface area contributed by atoms with Gasteiger partial charge < -0.3 is 4.90 Å². The number of benzene rings is 2. The van der Waals surface area contributed by atoms with Crippen molar-refractivity contribution in [3.05, 3.63) is 64.1 Å². The van der Waals surface area contributed by atoms with Gasteiger partial charge in [0, 0.05) is 37.6 Å². The van der Waals surface area contributed by atoms with Crippen molar-refractivity contribution < 1.29 is 4.79 Å². The van der Waals surface area contributed by atoms with E-state index in [0.29, 0.717) is 0 Å². The summed E-state index contributed by atoms with van der Waals surface area (Å²) in [5.74, 6) is -0.0418. The van der Waals surface area contributed by atoms with Crippen LogP contribution < -0.4 is 4.90 Å². The van der Waals surface area contributed by atoms with Crippen LogP contribution in [0.2, 0.25) is 0 Å². The van der Waals surface area contributed by atoms with Crippen LogP contribution in [0.4, 0.5) is 5.69 Å². The lowest BCUT2D eigenvalue weighted by Crippen LogP contribution is -2.24. The molecule has 24 heavy (non-hydrogen) atoms. The first-order valence-corrected chi connectivity index (χ1v) is 8.65. The third-order valence-electron chi connectivity index (χ3n) is 4.18. The lowest BCUT2D eigenvalue weighted by Gasteiger charge is -2.20. The zero-order valence-corrected chi connectivity index (χ0v) is 15.6. The van der Waals surface area contributed by atoms with Crippen LogP contribution in [0.3, 0.4) is 0 Å². The molecule has 0 saturated heterocycles. The summed E-state index contributed by atoms with van der Waals surface area (Å²) in [7, 11) is 4.03. The lowest BCUT2D eigenvalue weighted by molar-refractivity contribution is -0.130. The minimum atomic E-state index is -0.0523. The zero-order chi connectivity index (χ0) is 17.3. The van der Waals surface area contributed by atoms with Crippen LogP contribution in [0.5, 0.6) is 0 Å². The Morgan fingerprint density at radius 1 is 1.21 bits per heavy atom. The number of amides is 1. The Kier molecular flexibility index (Phi) is 4.71. The van der Waals surface area contributed by atoms with Crippen molar-refractivity contribution in [3.8, 4) is 0 Å². The summed E-state index contributed by atoms with van der Waals surface area (Å²) in [5, 5.41) is 6.19. The van der Waals surface area contributed by atoms with Gasteiger partial charge in [-0.15, -0.1) is 0 Å². The summed E-state index contributed by atoms with van der Waals surface area (Å²) in [6.45, 7) is 1.56. The first kappa shape index (κ1) is 16.7. The van der Waals surface area contributed by atoms with E-state index in [0.717, 1.165) is 33.4 Å². The number of anilines is 1. The van der Waals surface area contributed by atoms with Crippen molar-refractivity contribution in [3.63, 3.8) is 0 Å². The number of carbonyl (C=O) groups is 1. The molecule has 1 atom stereocenters. The molecule has 4 nitrogen and oxygen atoms in total. The van der Waals surface area contributed by atoms with Gasteiger partial charge in [-0.25, -0.2) is 5.01 Å². The molecular weight excluding hydrogens is 366 g/mol. The molecule has 1 amide bonds. The highest BCUT2D eigenvalue weighted by Crippen LogP contribution is 2.34. The Morgan fingerprint density at radius 2 is 1.92 bits per heavy atom. The molecule has 0 aromatic heterocycles. The van der Waals surface area contributed by atoms with E-state index in [1.165, 1.54) is 0 Å². The van der Waals surface area contributed by atoms with E-state index in [9.17, 15) is 4.79 Å². The zero-order valence-electron chi connectivity index (χ0n) is 14.0. The largest absolute Gasteiger partial charge is 0.378 e. The number of carbonyl (C=O) groups excluding carboxylic acids is 1. The summed E-state index contributed by atoms with van der Waals surface area (Å²) < 4.78 is 1.01. The van der Waals surface area contributed by atoms with Crippen molar-refractivity contribution in [1.82, 2.24) is 5.01 Å². The van der Waals surface area contributed by atoms with E-state index in [2.05, 4.69) is 50.2 Å². The van der Waals surface area contributed by atoms with Crippen LogP contribution in [0, 0.1) is 0 Å². The van der Waals surface area contributed by atoms with Gasteiger partial charge in [0.1, 0.15) is 0 Å². The molecule has 0 fully saturated rings. The van der Waals surface area contributed by atoms with Gasteiger partial charge in [0.05, 0.1) is 11.8 Å². The standard InChI is InChI=1S/C19H20BrN3O/c1-13(24)23-19(15-5-4-6-16(20)11-15)12-18(21-23)14-7-9-17(10-8-14)22(2)3/h4-11,19H,12H2,1-3H3/t19-/m0/s1. The van der Waals surface area contributed by atoms with Crippen molar-refractivity contribution in [1.29, 1.82) is 0 Å². The van der Waals surface area contributed by atoms with Crippen LogP contribution in [0.1, 0.15) is 30.5 Å². The first-order valence-electron chi connectivity index (χ1n) is 7.86. The topological polar surface area (TPSA) is 35.9 Å². The maximum atomic E-state index is 12.0. The highest BCUT2D eigenvalue weighted by atomic mass is 79.9. The predicted octanol–water partition coefficient (Wildman–Crippen LogP) is 4.21. The fraction of sp³-hybridized carbons (Fsp3) is 0.263. The SMILES string of the molecule is CC(=O)N1N=C(c2ccc(N(C)C)cc2)C[C@H]1c1cccc(Br)c1. The highest BCUT2D eigenvalue weighted by Gasteiger charge is 2.31. The second-order valence-electron chi connectivity index (χ2n) is 6.13. The summed E-state index contributed by atoms with van der Waals surface area (Å²) in [6, 6.07) is 16.3. The third kappa shape index (κ3) is 3.36. The monoisotopic (exact) mass is 385 g/mol. The smallest absolute Gasteiger partial charge is 0.240 e. The molecule has 5 heteroatoms. The minimum absolute atomic E-state index is 0.0418. The Bertz CT molecular complexity index is 783. The molecule has 2 aromatic rings. The van der Waals surface area contributed by atoms with E-state index in [-0.39, 0.29) is 11.9 Å². The van der Waals surface area contributed by atoms with Gasteiger partial charge in [0.2, 0.25) is 5.91 Å². The number of nitrogens with zero attached hydrogens (tertiary/aromatic N) is 3. The second-order valence-corrected chi connectivity index (χ2v) is 7.04. The maximum absolute atomic E-state index is 12.0. The Hall–Kier alpha value is -2.14. The van der Waals surface area contributed by atoms with Gasteiger partial charge in [-0.2, -0.15) is 5.10 Å². The minimum Gasteiger partial charge on any atom is -0.378 e. The number of hydrogen-bond acceptors (Lipinski definition) is 3. The molecule has 0 N–H and O–H groups in total. The van der Waals surface area contributed by atoms with Crippen LogP contribution in [0.25, 0.3) is 0 Å². The Balaban J connectivity index is 1.90. The summed E-state index contributed by atoms with van der Waals surface area (Å²) in [6.07, 6.45) is 0.720. The Morgan fingerprint density at radius 3 is 2.50 bits per heavy atom. The highest BCUT2D eigenvalue weighted by molar-refractivity contribution is 9.10. The fourth-order valence-corrected chi connectivity index (χ4v) is 3.32. The average molecular weight is 386 g/mol. The number of hydrazone groups is 1. The van der Waals surface area contributed by atoms with Gasteiger partial charge in [-0.05, 0) is 35.4 Å². The van der Waals surface area contributed by atoms with Crippen LogP contribution in [0.15, 0.2) is 58.1 Å². The molecule has 0 unspecified atom stereocenters. The lowest BCUT2D eigenvalue weighted by atomic mass is 9.98. The summed E-state index contributed by atoms with van der Waals surface area (Å²) in [5.41, 5.74) is 4.23. The van der Waals surface area contributed by atoms with Crippen molar-refractivity contribution in [2.24, 2.45) is 5.10 Å². The maximum Gasteiger partial charge on any atom is 0.240 e. The quantitative estimate of drug-likeness (QED) is 0.792. The summed E-state index contributed by atoms with van der Waals surface area (Å²) in [4.78, 5) is 14.1. The van der Waals surface area contributed by atoms with Crippen molar-refractivity contribution >= 4 is 33.2 Å². The molecule has 1 heterocycles. The number of halogens is 1. The fourth-order valence-electron chi connectivity index (χ4n) is 2.90. The van der Waals surface area contributed by atoms with Crippen LogP contribution in [-0.2, 0) is 4.79 Å². The van der Waals surface area contributed by atoms with Gasteiger partial charge in [0.15, 0.2) is 0 Å². The molecule has 0 saturated carbocycles. The first-order chi connectivity index (χ1) is 11.5. The predicted molar refractivity (Wildman–Crippen MR) is 101 cm³/mol. The molecule has 0 spiro atoms. The van der Waals surface area contributed by atoms with E-state index < -0.39 is 0 Å². The molecule has 2 aromatic carbocycles. The van der Waals surface area contributed by atoms with Gasteiger partial charge in [-0.3, -0.25) is 4.79 Å². The average Bonchev–Trinajstić information content (AvgIpc) is 3.00. The molecule has 3 rings (SSSR count).